The van der Waals surface area contributed by atoms with Gasteiger partial charge in [0.1, 0.15) is 5.82 Å². The van der Waals surface area contributed by atoms with E-state index >= 15 is 0 Å². The van der Waals surface area contributed by atoms with Gasteiger partial charge < -0.3 is 5.73 Å². The van der Waals surface area contributed by atoms with Gasteiger partial charge in [0.2, 0.25) is 5.91 Å². The van der Waals surface area contributed by atoms with Crippen LogP contribution in [0.3, 0.4) is 0 Å². The van der Waals surface area contributed by atoms with Crippen LogP contribution in [0, 0.1) is 5.82 Å². The summed E-state index contributed by atoms with van der Waals surface area (Å²) in [4.78, 5) is 11.0. The Hall–Kier alpha value is -2.41. The van der Waals surface area contributed by atoms with Crippen LogP contribution in [0.1, 0.15) is 10.4 Å². The molecule has 0 spiro atoms. The number of carbonyl (C=O) groups excluding carboxylic acids is 1. The summed E-state index contributed by atoms with van der Waals surface area (Å²) in [7, 11) is -2.42. The van der Waals surface area contributed by atoms with E-state index in [1.54, 1.807) is 0 Å². The number of nitrogens with zero attached hydrogens (tertiary/aromatic N) is 1. The van der Waals surface area contributed by atoms with E-state index in [1.807, 2.05) is 0 Å². The van der Waals surface area contributed by atoms with E-state index in [1.165, 1.54) is 43.4 Å². The fourth-order valence-electron chi connectivity index (χ4n) is 1.74. The third-order valence-corrected chi connectivity index (χ3v) is 4.79. The smallest absolute Gasteiger partial charge is 0.264 e. The summed E-state index contributed by atoms with van der Waals surface area (Å²) in [6.45, 7) is 0. The molecule has 0 radical (unpaired) electrons. The van der Waals surface area contributed by atoms with Gasteiger partial charge in [-0.1, -0.05) is 0 Å². The molecule has 2 aromatic carbocycles. The number of benzene rings is 2. The van der Waals surface area contributed by atoms with Crippen molar-refractivity contribution < 1.29 is 17.6 Å². The van der Waals surface area contributed by atoms with E-state index in [-0.39, 0.29) is 10.5 Å². The molecule has 110 valence electrons. The second kappa shape index (κ2) is 5.53. The van der Waals surface area contributed by atoms with E-state index in [4.69, 9.17) is 5.73 Å². The minimum atomic E-state index is -3.79. The molecular weight excluding hydrogens is 295 g/mol. The number of hydrogen-bond acceptors (Lipinski definition) is 3. The van der Waals surface area contributed by atoms with Gasteiger partial charge in [0, 0.05) is 12.6 Å². The highest BCUT2D eigenvalue weighted by molar-refractivity contribution is 7.92. The Labute approximate surface area is 121 Å². The number of hydrogen-bond donors (Lipinski definition) is 1. The number of primary amides is 1. The highest BCUT2D eigenvalue weighted by Crippen LogP contribution is 2.22. The highest BCUT2D eigenvalue weighted by Gasteiger charge is 2.21. The predicted molar refractivity (Wildman–Crippen MR) is 76.9 cm³/mol. The number of sulfonamides is 1. The average Bonchev–Trinajstić information content (AvgIpc) is 2.47. The molecule has 2 aromatic rings. The minimum absolute atomic E-state index is 0.0228. The molecule has 0 aliphatic rings. The molecule has 0 heterocycles. The van der Waals surface area contributed by atoms with E-state index in [2.05, 4.69) is 0 Å². The lowest BCUT2D eigenvalue weighted by Gasteiger charge is -2.19. The molecule has 0 aromatic heterocycles. The molecule has 2 N–H and O–H groups in total. The fourth-order valence-corrected chi connectivity index (χ4v) is 2.93. The molecular formula is C14H13FN2O3S. The van der Waals surface area contributed by atoms with Crippen molar-refractivity contribution in [3.05, 3.63) is 59.9 Å². The molecule has 2 rings (SSSR count). The maximum atomic E-state index is 12.9. The van der Waals surface area contributed by atoms with Crippen molar-refractivity contribution >= 4 is 21.6 Å². The summed E-state index contributed by atoms with van der Waals surface area (Å²) in [5.41, 5.74) is 5.77. The normalized spacial score (nSPS) is 11.1. The van der Waals surface area contributed by atoms with Crippen LogP contribution in [0.4, 0.5) is 10.1 Å². The Morgan fingerprint density at radius 2 is 1.57 bits per heavy atom. The van der Waals surface area contributed by atoms with Crippen LogP contribution in [-0.2, 0) is 10.0 Å². The summed E-state index contributed by atoms with van der Waals surface area (Å²) < 4.78 is 38.7. The Morgan fingerprint density at radius 1 is 1.05 bits per heavy atom. The van der Waals surface area contributed by atoms with Crippen LogP contribution < -0.4 is 10.0 Å². The topological polar surface area (TPSA) is 80.5 Å². The van der Waals surface area contributed by atoms with Crippen LogP contribution in [0.5, 0.6) is 0 Å². The first-order valence-electron chi connectivity index (χ1n) is 5.97. The standard InChI is InChI=1S/C14H13FN2O3S/c1-17(12-6-2-10(3-7-12)14(16)18)21(19,20)13-8-4-11(15)5-9-13/h2-9H,1H3,(H2,16,18). The number of nitrogens with two attached hydrogens (primary N) is 1. The van der Waals surface area contributed by atoms with Crippen molar-refractivity contribution in [2.75, 3.05) is 11.4 Å². The molecule has 0 unspecified atom stereocenters. The molecule has 5 nitrogen and oxygen atoms in total. The van der Waals surface area contributed by atoms with Crippen molar-refractivity contribution in [2.45, 2.75) is 4.90 Å². The van der Waals surface area contributed by atoms with Gasteiger partial charge in [0.05, 0.1) is 10.6 Å². The molecule has 0 atom stereocenters. The summed E-state index contributed by atoms with van der Waals surface area (Å²) in [5.74, 6) is -1.10. The molecule has 0 saturated carbocycles. The number of anilines is 1. The first-order chi connectivity index (χ1) is 9.82. The number of amides is 1. The predicted octanol–water partition coefficient (Wildman–Crippen LogP) is 1.75. The van der Waals surface area contributed by atoms with Gasteiger partial charge >= 0.3 is 0 Å². The Kier molecular flexibility index (Phi) is 3.95. The third kappa shape index (κ3) is 3.03. The van der Waals surface area contributed by atoms with Crippen LogP contribution in [-0.4, -0.2) is 21.4 Å². The van der Waals surface area contributed by atoms with Crippen LogP contribution >= 0.6 is 0 Å². The van der Waals surface area contributed by atoms with E-state index in [0.29, 0.717) is 5.69 Å². The zero-order valence-electron chi connectivity index (χ0n) is 11.2. The lowest BCUT2D eigenvalue weighted by Crippen LogP contribution is -2.26. The lowest BCUT2D eigenvalue weighted by molar-refractivity contribution is 0.100. The summed E-state index contributed by atoms with van der Waals surface area (Å²) in [6, 6.07) is 10.4. The zero-order chi connectivity index (χ0) is 15.6. The molecule has 0 aliphatic heterocycles. The van der Waals surface area contributed by atoms with E-state index < -0.39 is 21.7 Å². The molecule has 0 fully saturated rings. The molecule has 0 saturated heterocycles. The highest BCUT2D eigenvalue weighted by atomic mass is 32.2. The zero-order valence-corrected chi connectivity index (χ0v) is 12.0. The molecule has 0 bridgehead atoms. The first-order valence-corrected chi connectivity index (χ1v) is 7.41. The molecule has 21 heavy (non-hydrogen) atoms. The van der Waals surface area contributed by atoms with Crippen LogP contribution in [0.2, 0.25) is 0 Å². The average molecular weight is 308 g/mol. The van der Waals surface area contributed by atoms with Crippen molar-refractivity contribution in [3.63, 3.8) is 0 Å². The Balaban J connectivity index is 2.35. The summed E-state index contributed by atoms with van der Waals surface area (Å²) in [5, 5.41) is 0. The maximum absolute atomic E-state index is 12.9. The van der Waals surface area contributed by atoms with Gasteiger partial charge in [-0.3, -0.25) is 9.10 Å². The van der Waals surface area contributed by atoms with Crippen molar-refractivity contribution in [1.29, 1.82) is 0 Å². The van der Waals surface area contributed by atoms with E-state index in [0.717, 1.165) is 16.4 Å². The molecule has 0 aliphatic carbocycles. The number of rotatable bonds is 4. The van der Waals surface area contributed by atoms with Gasteiger partial charge in [0.15, 0.2) is 0 Å². The van der Waals surface area contributed by atoms with Gasteiger partial charge in [-0.2, -0.15) is 0 Å². The van der Waals surface area contributed by atoms with Gasteiger partial charge in [-0.25, -0.2) is 12.8 Å². The quantitative estimate of drug-likeness (QED) is 0.934. The second-order valence-corrected chi connectivity index (χ2v) is 6.31. The van der Waals surface area contributed by atoms with Gasteiger partial charge in [-0.15, -0.1) is 0 Å². The van der Waals surface area contributed by atoms with Gasteiger partial charge in [0.25, 0.3) is 10.0 Å². The largest absolute Gasteiger partial charge is 0.366 e. The summed E-state index contributed by atoms with van der Waals surface area (Å²) >= 11 is 0. The lowest BCUT2D eigenvalue weighted by atomic mass is 10.2. The monoisotopic (exact) mass is 308 g/mol. The Bertz CT molecular complexity index is 756. The van der Waals surface area contributed by atoms with Crippen LogP contribution in [0.25, 0.3) is 0 Å². The molecule has 1 amide bonds. The van der Waals surface area contributed by atoms with Crippen molar-refractivity contribution in [3.8, 4) is 0 Å². The Morgan fingerprint density at radius 3 is 2.05 bits per heavy atom. The second-order valence-electron chi connectivity index (χ2n) is 4.34. The van der Waals surface area contributed by atoms with Crippen LogP contribution in [0.15, 0.2) is 53.4 Å². The van der Waals surface area contributed by atoms with Crippen molar-refractivity contribution in [1.82, 2.24) is 0 Å². The fraction of sp³-hybridized carbons (Fsp3) is 0.0714. The maximum Gasteiger partial charge on any atom is 0.264 e. The SMILES string of the molecule is CN(c1ccc(C(N)=O)cc1)S(=O)(=O)c1ccc(F)cc1. The minimum Gasteiger partial charge on any atom is -0.366 e. The van der Waals surface area contributed by atoms with E-state index in [9.17, 15) is 17.6 Å². The number of halogens is 1. The summed E-state index contributed by atoms with van der Waals surface area (Å²) in [6.07, 6.45) is 0. The van der Waals surface area contributed by atoms with Crippen molar-refractivity contribution in [2.24, 2.45) is 5.73 Å². The van der Waals surface area contributed by atoms with Gasteiger partial charge in [-0.05, 0) is 48.5 Å². The first kappa shape index (κ1) is 15.0. The molecule has 7 heteroatoms. The third-order valence-electron chi connectivity index (χ3n) is 2.99. The number of carbonyl (C=O) groups is 1.